The van der Waals surface area contributed by atoms with Crippen molar-refractivity contribution in [2.45, 2.75) is 12.3 Å². The molecular weight excluding hydrogens is 328 g/mol. The summed E-state index contributed by atoms with van der Waals surface area (Å²) in [5, 5.41) is 12.8. The largest absolute Gasteiger partial charge is 0.493 e. The number of nitrogens with zero attached hydrogens (tertiary/aromatic N) is 1. The molecule has 0 spiro atoms. The van der Waals surface area contributed by atoms with E-state index in [1.165, 1.54) is 14.2 Å². The van der Waals surface area contributed by atoms with E-state index in [-0.39, 0.29) is 0 Å². The Bertz CT molecular complexity index is 784. The van der Waals surface area contributed by atoms with Crippen LogP contribution in [0.15, 0.2) is 42.5 Å². The van der Waals surface area contributed by atoms with Crippen LogP contribution in [0.25, 0.3) is 0 Å². The van der Waals surface area contributed by atoms with Gasteiger partial charge in [-0.2, -0.15) is 5.26 Å². The van der Waals surface area contributed by atoms with Crippen LogP contribution in [0.5, 0.6) is 11.5 Å². The summed E-state index contributed by atoms with van der Waals surface area (Å²) >= 11 is 5.87. The van der Waals surface area contributed by atoms with Gasteiger partial charge in [-0.3, -0.25) is 4.79 Å². The molecule has 1 N–H and O–H groups in total. The van der Waals surface area contributed by atoms with Crippen molar-refractivity contribution in [3.8, 4) is 17.6 Å². The first-order valence-electron chi connectivity index (χ1n) is 7.15. The second-order valence-electron chi connectivity index (χ2n) is 5.27. The molecule has 0 radical (unpaired) electrons. The molecule has 0 saturated heterocycles. The Balaban J connectivity index is 2.30. The number of nitrogens with one attached hydrogen (secondary N) is 1. The van der Waals surface area contributed by atoms with Crippen LogP contribution >= 0.6 is 11.6 Å². The third-order valence-electron chi connectivity index (χ3n) is 3.74. The van der Waals surface area contributed by atoms with Gasteiger partial charge in [0.25, 0.3) is 0 Å². The van der Waals surface area contributed by atoms with Gasteiger partial charge in [0.05, 0.1) is 20.3 Å². The van der Waals surface area contributed by atoms with E-state index in [0.717, 1.165) is 0 Å². The zero-order valence-corrected chi connectivity index (χ0v) is 14.3. The fraction of sp³-hybridized carbons (Fsp3) is 0.222. The van der Waals surface area contributed by atoms with Crippen LogP contribution in [0.4, 0.5) is 5.69 Å². The zero-order valence-electron chi connectivity index (χ0n) is 13.6. The zero-order chi connectivity index (χ0) is 17.7. The van der Waals surface area contributed by atoms with E-state index in [4.69, 9.17) is 21.1 Å². The maximum atomic E-state index is 12.7. The van der Waals surface area contributed by atoms with Crippen LogP contribution in [0.1, 0.15) is 12.5 Å². The van der Waals surface area contributed by atoms with Crippen molar-refractivity contribution in [1.29, 1.82) is 5.26 Å². The maximum Gasteiger partial charge on any atom is 0.249 e. The molecule has 1 amide bonds. The van der Waals surface area contributed by atoms with E-state index >= 15 is 0 Å². The van der Waals surface area contributed by atoms with Gasteiger partial charge < -0.3 is 14.8 Å². The molecule has 5 nitrogen and oxygen atoms in total. The van der Waals surface area contributed by atoms with Gasteiger partial charge in [-0.1, -0.05) is 23.7 Å². The molecule has 0 fully saturated rings. The molecule has 2 aromatic carbocycles. The first kappa shape index (κ1) is 17.6. The second-order valence-corrected chi connectivity index (χ2v) is 5.70. The first-order chi connectivity index (χ1) is 11.4. The molecule has 1 unspecified atom stereocenters. The molecule has 0 bridgehead atoms. The molecule has 6 heteroatoms. The highest BCUT2D eigenvalue weighted by Gasteiger charge is 2.35. The van der Waals surface area contributed by atoms with Crippen LogP contribution in [0.2, 0.25) is 5.02 Å². The number of hydrogen-bond acceptors (Lipinski definition) is 4. The third-order valence-corrected chi connectivity index (χ3v) is 3.99. The molecule has 0 aliphatic rings. The molecule has 0 aliphatic heterocycles. The Morgan fingerprint density at radius 1 is 1.12 bits per heavy atom. The molecule has 0 aliphatic carbocycles. The summed E-state index contributed by atoms with van der Waals surface area (Å²) < 4.78 is 10.4. The van der Waals surface area contributed by atoms with Crippen LogP contribution < -0.4 is 14.8 Å². The lowest BCUT2D eigenvalue weighted by Crippen LogP contribution is -2.36. The number of benzene rings is 2. The van der Waals surface area contributed by atoms with Crippen molar-refractivity contribution >= 4 is 23.2 Å². The van der Waals surface area contributed by atoms with Gasteiger partial charge >= 0.3 is 0 Å². The molecule has 2 aromatic rings. The predicted octanol–water partition coefficient (Wildman–Crippen LogP) is 3.78. The number of anilines is 1. The van der Waals surface area contributed by atoms with Gasteiger partial charge in [-0.25, -0.2) is 0 Å². The average Bonchev–Trinajstić information content (AvgIpc) is 2.61. The van der Waals surface area contributed by atoms with E-state index in [0.29, 0.717) is 27.8 Å². The van der Waals surface area contributed by atoms with Crippen molar-refractivity contribution in [3.05, 3.63) is 53.1 Å². The maximum absolute atomic E-state index is 12.7. The van der Waals surface area contributed by atoms with E-state index < -0.39 is 11.3 Å². The van der Waals surface area contributed by atoms with Crippen molar-refractivity contribution in [2.75, 3.05) is 19.5 Å². The van der Waals surface area contributed by atoms with Crippen LogP contribution in [0.3, 0.4) is 0 Å². The van der Waals surface area contributed by atoms with Crippen molar-refractivity contribution in [3.63, 3.8) is 0 Å². The van der Waals surface area contributed by atoms with E-state index in [9.17, 15) is 10.1 Å². The van der Waals surface area contributed by atoms with Gasteiger partial charge in [0.15, 0.2) is 16.9 Å². The number of methoxy groups -OCH3 is 2. The molecule has 0 heterocycles. The van der Waals surface area contributed by atoms with Gasteiger partial charge in [0.1, 0.15) is 0 Å². The highest BCUT2D eigenvalue weighted by molar-refractivity contribution is 6.30. The van der Waals surface area contributed by atoms with Crippen LogP contribution in [-0.4, -0.2) is 20.1 Å². The van der Waals surface area contributed by atoms with Crippen molar-refractivity contribution < 1.29 is 14.3 Å². The van der Waals surface area contributed by atoms with Gasteiger partial charge in [-0.05, 0) is 36.8 Å². The second kappa shape index (κ2) is 7.24. The minimum atomic E-state index is -1.35. The molecule has 1 atom stereocenters. The Morgan fingerprint density at radius 3 is 2.29 bits per heavy atom. The monoisotopic (exact) mass is 344 g/mol. The number of ether oxygens (including phenoxy) is 2. The number of amides is 1. The normalized spacial score (nSPS) is 12.6. The summed E-state index contributed by atoms with van der Waals surface area (Å²) in [7, 11) is 3.04. The summed E-state index contributed by atoms with van der Waals surface area (Å²) in [6.45, 7) is 1.56. The smallest absolute Gasteiger partial charge is 0.249 e. The Labute approximate surface area is 145 Å². The molecular formula is C18H17ClN2O3. The minimum Gasteiger partial charge on any atom is -0.493 e. The van der Waals surface area contributed by atoms with Crippen molar-refractivity contribution in [1.82, 2.24) is 0 Å². The highest BCUT2D eigenvalue weighted by Crippen LogP contribution is 2.31. The number of carbonyl (C=O) groups excluding carboxylic acids is 1. The molecule has 0 saturated carbocycles. The minimum absolute atomic E-state index is 0.445. The van der Waals surface area contributed by atoms with E-state index in [2.05, 4.69) is 11.4 Å². The van der Waals surface area contributed by atoms with Gasteiger partial charge in [0, 0.05) is 16.8 Å². The SMILES string of the molecule is COc1ccc(NC(=O)C(C)(C#N)c2ccc(Cl)cc2)cc1OC. The lowest BCUT2D eigenvalue weighted by molar-refractivity contribution is -0.119. The highest BCUT2D eigenvalue weighted by atomic mass is 35.5. The number of rotatable bonds is 5. The third kappa shape index (κ3) is 3.44. The summed E-state index contributed by atoms with van der Waals surface area (Å²) in [5.41, 5.74) is -0.280. The number of nitriles is 1. The summed E-state index contributed by atoms with van der Waals surface area (Å²) in [6, 6.07) is 13.7. The lowest BCUT2D eigenvalue weighted by Gasteiger charge is -2.21. The van der Waals surface area contributed by atoms with Gasteiger partial charge in [0.2, 0.25) is 5.91 Å². The molecule has 0 aromatic heterocycles. The number of halogens is 1. The van der Waals surface area contributed by atoms with Crippen LogP contribution in [0, 0.1) is 11.3 Å². The standard InChI is InChI=1S/C18H17ClN2O3/c1-18(11-20,12-4-6-13(19)7-5-12)17(22)21-14-8-9-15(23-2)16(10-14)24-3/h4-10H,1-3H3,(H,21,22). The number of hydrogen-bond donors (Lipinski definition) is 1. The topological polar surface area (TPSA) is 71.3 Å². The Morgan fingerprint density at radius 2 is 1.75 bits per heavy atom. The van der Waals surface area contributed by atoms with Crippen LogP contribution in [-0.2, 0) is 10.2 Å². The van der Waals surface area contributed by atoms with Gasteiger partial charge in [-0.15, -0.1) is 0 Å². The average molecular weight is 345 g/mol. The fourth-order valence-corrected chi connectivity index (χ4v) is 2.33. The lowest BCUT2D eigenvalue weighted by atomic mass is 9.83. The number of carbonyl (C=O) groups is 1. The summed E-state index contributed by atoms with van der Waals surface area (Å²) in [5.74, 6) is 0.594. The van der Waals surface area contributed by atoms with E-state index in [1.807, 2.05) is 0 Å². The molecule has 124 valence electrons. The fourth-order valence-electron chi connectivity index (χ4n) is 2.20. The molecule has 2 rings (SSSR count). The summed E-state index contributed by atoms with van der Waals surface area (Å²) in [4.78, 5) is 12.7. The van der Waals surface area contributed by atoms with Crippen molar-refractivity contribution in [2.24, 2.45) is 0 Å². The predicted molar refractivity (Wildman–Crippen MR) is 92.6 cm³/mol. The quantitative estimate of drug-likeness (QED) is 0.896. The van der Waals surface area contributed by atoms with E-state index in [1.54, 1.807) is 49.4 Å². The Kier molecular flexibility index (Phi) is 5.32. The molecule has 24 heavy (non-hydrogen) atoms. The summed E-state index contributed by atoms with van der Waals surface area (Å²) in [6.07, 6.45) is 0. The Hall–Kier alpha value is -2.71. The first-order valence-corrected chi connectivity index (χ1v) is 7.53.